The maximum Gasteiger partial charge on any atom is 0.416 e. The number of ether oxygens (including phenoxy) is 1. The third-order valence-corrected chi connectivity index (χ3v) is 4.44. The molecule has 7 heteroatoms. The minimum absolute atomic E-state index is 0.274. The fraction of sp³-hybridized carbons (Fsp3) is 0.333. The highest BCUT2D eigenvalue weighted by Gasteiger charge is 2.30. The molecule has 28 heavy (non-hydrogen) atoms. The maximum absolute atomic E-state index is 12.8. The summed E-state index contributed by atoms with van der Waals surface area (Å²) in [6.07, 6.45) is -3.98. The van der Waals surface area contributed by atoms with Crippen LogP contribution < -0.4 is 0 Å². The molecule has 2 aromatic carbocycles. The van der Waals surface area contributed by atoms with Crippen molar-refractivity contribution in [3.63, 3.8) is 0 Å². The zero-order valence-corrected chi connectivity index (χ0v) is 15.9. The van der Waals surface area contributed by atoms with E-state index in [0.29, 0.717) is 35.1 Å². The number of hydrogen-bond acceptors (Lipinski definition) is 3. The number of aromatic nitrogens is 2. The average molecular weight is 390 g/mol. The van der Waals surface area contributed by atoms with Gasteiger partial charge in [-0.2, -0.15) is 18.3 Å². The van der Waals surface area contributed by atoms with Crippen LogP contribution in [0.1, 0.15) is 41.0 Å². The second-order valence-corrected chi connectivity index (χ2v) is 7.10. The topological polar surface area (TPSA) is 44.1 Å². The van der Waals surface area contributed by atoms with Gasteiger partial charge in [0.2, 0.25) is 0 Å². The lowest BCUT2D eigenvalue weighted by molar-refractivity contribution is -0.137. The van der Waals surface area contributed by atoms with E-state index in [0.717, 1.165) is 17.7 Å². The van der Waals surface area contributed by atoms with Crippen LogP contribution in [0.3, 0.4) is 0 Å². The van der Waals surface area contributed by atoms with Crippen molar-refractivity contribution in [1.29, 1.82) is 0 Å². The van der Waals surface area contributed by atoms with Gasteiger partial charge in [-0.1, -0.05) is 38.1 Å². The average Bonchev–Trinajstić information content (AvgIpc) is 2.99. The van der Waals surface area contributed by atoms with Crippen LogP contribution in [0.5, 0.6) is 0 Å². The van der Waals surface area contributed by atoms with E-state index in [4.69, 9.17) is 4.74 Å². The Morgan fingerprint density at radius 1 is 1.14 bits per heavy atom. The number of rotatable bonds is 5. The second kappa shape index (κ2) is 7.66. The highest BCUT2D eigenvalue weighted by atomic mass is 19.4. The standard InChI is InChI=1S/C21H21F3N2O2/c1-13(2)12-26-19(20(27)28-3)18-15(5-4-6-17(18)25-26)11-14-7-9-16(10-8-14)21(22,23)24/h4-10,13H,11-12H2,1-3H3. The lowest BCUT2D eigenvalue weighted by atomic mass is 9.99. The molecule has 0 N–H and O–H groups in total. The predicted molar refractivity (Wildman–Crippen MR) is 100 cm³/mol. The van der Waals surface area contributed by atoms with Gasteiger partial charge >= 0.3 is 12.1 Å². The monoisotopic (exact) mass is 390 g/mol. The predicted octanol–water partition coefficient (Wildman–Crippen LogP) is 5.09. The molecule has 148 valence electrons. The maximum atomic E-state index is 12.8. The van der Waals surface area contributed by atoms with Crippen molar-refractivity contribution in [3.05, 3.63) is 64.8 Å². The third kappa shape index (κ3) is 4.03. The van der Waals surface area contributed by atoms with Crippen molar-refractivity contribution in [2.45, 2.75) is 33.0 Å². The molecule has 0 radical (unpaired) electrons. The van der Waals surface area contributed by atoms with E-state index in [-0.39, 0.29) is 5.92 Å². The Labute approximate surface area is 160 Å². The Bertz CT molecular complexity index is 989. The van der Waals surface area contributed by atoms with Gasteiger partial charge in [-0.05, 0) is 41.7 Å². The van der Waals surface area contributed by atoms with Crippen molar-refractivity contribution in [2.24, 2.45) is 5.92 Å². The molecule has 0 fully saturated rings. The van der Waals surface area contributed by atoms with E-state index in [1.165, 1.54) is 19.2 Å². The summed E-state index contributed by atoms with van der Waals surface area (Å²) in [5, 5.41) is 5.21. The lowest BCUT2D eigenvalue weighted by Gasteiger charge is -2.10. The summed E-state index contributed by atoms with van der Waals surface area (Å²) in [6.45, 7) is 4.60. The number of fused-ring (bicyclic) bond motifs is 1. The molecule has 0 amide bonds. The number of benzene rings is 2. The molecule has 3 aromatic rings. The molecular weight excluding hydrogens is 369 g/mol. The van der Waals surface area contributed by atoms with Crippen LogP contribution in [0.4, 0.5) is 13.2 Å². The molecule has 4 nitrogen and oxygen atoms in total. The fourth-order valence-electron chi connectivity index (χ4n) is 3.21. The van der Waals surface area contributed by atoms with Gasteiger partial charge < -0.3 is 4.74 Å². The van der Waals surface area contributed by atoms with Crippen LogP contribution in [-0.2, 0) is 23.9 Å². The van der Waals surface area contributed by atoms with Gasteiger partial charge in [0.05, 0.1) is 18.2 Å². The molecule has 0 atom stereocenters. The van der Waals surface area contributed by atoms with Crippen LogP contribution in [0.2, 0.25) is 0 Å². The number of carbonyl (C=O) groups is 1. The fourth-order valence-corrected chi connectivity index (χ4v) is 3.21. The molecule has 0 spiro atoms. The molecule has 0 aliphatic heterocycles. The zero-order valence-electron chi connectivity index (χ0n) is 15.9. The molecule has 3 rings (SSSR count). The minimum Gasteiger partial charge on any atom is -0.464 e. The van der Waals surface area contributed by atoms with Crippen LogP contribution in [-0.4, -0.2) is 22.9 Å². The number of halogens is 3. The Kier molecular flexibility index (Phi) is 5.45. The summed E-state index contributed by atoms with van der Waals surface area (Å²) in [7, 11) is 1.32. The number of esters is 1. The summed E-state index contributed by atoms with van der Waals surface area (Å²) in [5.41, 5.74) is 1.87. The molecule has 1 aromatic heterocycles. The third-order valence-electron chi connectivity index (χ3n) is 4.44. The molecule has 0 aliphatic rings. The first-order chi connectivity index (χ1) is 13.2. The number of carbonyl (C=O) groups excluding carboxylic acids is 1. The molecule has 0 unspecified atom stereocenters. The Hall–Kier alpha value is -2.83. The summed E-state index contributed by atoms with van der Waals surface area (Å²) in [6, 6.07) is 10.5. The molecule has 0 saturated carbocycles. The number of nitrogens with zero attached hydrogens (tertiary/aromatic N) is 2. The number of alkyl halides is 3. The Morgan fingerprint density at radius 3 is 2.39 bits per heavy atom. The van der Waals surface area contributed by atoms with Gasteiger partial charge in [0.1, 0.15) is 0 Å². The van der Waals surface area contributed by atoms with E-state index in [2.05, 4.69) is 5.10 Å². The smallest absolute Gasteiger partial charge is 0.416 e. The summed E-state index contributed by atoms with van der Waals surface area (Å²) >= 11 is 0. The summed E-state index contributed by atoms with van der Waals surface area (Å²) < 4.78 is 44.9. The van der Waals surface area contributed by atoms with Crippen molar-refractivity contribution in [3.8, 4) is 0 Å². The van der Waals surface area contributed by atoms with Gasteiger partial charge in [-0.15, -0.1) is 0 Å². The van der Waals surface area contributed by atoms with Crippen LogP contribution in [0, 0.1) is 5.92 Å². The largest absolute Gasteiger partial charge is 0.464 e. The number of hydrogen-bond donors (Lipinski definition) is 0. The SMILES string of the molecule is COC(=O)c1c2c(Cc3ccc(C(F)(F)F)cc3)cccc2nn1CC(C)C. The molecule has 0 aliphatic carbocycles. The quantitative estimate of drug-likeness (QED) is 0.570. The number of methoxy groups -OCH3 is 1. The Balaban J connectivity index is 2.06. The van der Waals surface area contributed by atoms with E-state index >= 15 is 0 Å². The van der Waals surface area contributed by atoms with Crippen LogP contribution in [0.15, 0.2) is 42.5 Å². The van der Waals surface area contributed by atoms with Crippen LogP contribution >= 0.6 is 0 Å². The van der Waals surface area contributed by atoms with Gasteiger partial charge in [-0.3, -0.25) is 4.68 Å². The molecular formula is C21H21F3N2O2. The van der Waals surface area contributed by atoms with E-state index in [9.17, 15) is 18.0 Å². The van der Waals surface area contributed by atoms with Crippen molar-refractivity contribution >= 4 is 16.9 Å². The minimum atomic E-state index is -4.37. The van der Waals surface area contributed by atoms with Gasteiger partial charge in [0, 0.05) is 11.9 Å². The lowest BCUT2D eigenvalue weighted by Crippen LogP contribution is -2.15. The second-order valence-electron chi connectivity index (χ2n) is 7.10. The molecule has 0 saturated heterocycles. The van der Waals surface area contributed by atoms with E-state index < -0.39 is 17.7 Å². The van der Waals surface area contributed by atoms with E-state index in [1.807, 2.05) is 32.0 Å². The van der Waals surface area contributed by atoms with Gasteiger partial charge in [0.25, 0.3) is 0 Å². The first-order valence-electron chi connectivity index (χ1n) is 8.93. The van der Waals surface area contributed by atoms with E-state index in [1.54, 1.807) is 4.68 Å². The van der Waals surface area contributed by atoms with Crippen molar-refractivity contribution in [2.75, 3.05) is 7.11 Å². The van der Waals surface area contributed by atoms with Crippen LogP contribution in [0.25, 0.3) is 10.9 Å². The summed E-state index contributed by atoms with van der Waals surface area (Å²) in [5.74, 6) is -0.209. The van der Waals surface area contributed by atoms with Crippen molar-refractivity contribution < 1.29 is 22.7 Å². The molecule has 1 heterocycles. The van der Waals surface area contributed by atoms with Crippen molar-refractivity contribution in [1.82, 2.24) is 9.78 Å². The molecule has 0 bridgehead atoms. The zero-order chi connectivity index (χ0) is 20.5. The highest BCUT2D eigenvalue weighted by Crippen LogP contribution is 2.30. The summed E-state index contributed by atoms with van der Waals surface area (Å²) in [4.78, 5) is 12.4. The first-order valence-corrected chi connectivity index (χ1v) is 8.93. The first kappa shape index (κ1) is 19.9. The normalized spacial score (nSPS) is 12.0. The Morgan fingerprint density at radius 2 is 1.82 bits per heavy atom. The van der Waals surface area contributed by atoms with Gasteiger partial charge in [-0.25, -0.2) is 4.79 Å². The van der Waals surface area contributed by atoms with Gasteiger partial charge in [0.15, 0.2) is 5.69 Å². The highest BCUT2D eigenvalue weighted by molar-refractivity contribution is 6.03.